The SMILES string of the molecule is COc1ccc(C)cc1S(=O)(=O)N[C@@H](Cc1ccccc1)C(=O)Nc1cccc([N+](=O)[O-])c1. The third kappa shape index (κ3) is 6.15. The maximum Gasteiger partial charge on any atom is 0.271 e. The number of ether oxygens (including phenoxy) is 1. The van der Waals surface area contributed by atoms with Gasteiger partial charge in [-0.1, -0.05) is 42.5 Å². The molecule has 0 saturated heterocycles. The number of benzene rings is 3. The van der Waals surface area contributed by atoms with Gasteiger partial charge in [0.1, 0.15) is 16.7 Å². The summed E-state index contributed by atoms with van der Waals surface area (Å²) in [6.45, 7) is 1.74. The van der Waals surface area contributed by atoms with Gasteiger partial charge in [-0.15, -0.1) is 0 Å². The maximum absolute atomic E-state index is 13.2. The molecule has 9 nitrogen and oxygen atoms in total. The molecule has 0 aromatic heterocycles. The number of anilines is 1. The number of sulfonamides is 1. The van der Waals surface area contributed by atoms with E-state index in [4.69, 9.17) is 4.74 Å². The third-order valence-corrected chi connectivity index (χ3v) is 6.32. The second-order valence-electron chi connectivity index (χ2n) is 7.31. The Bertz CT molecular complexity index is 1260. The molecule has 0 radical (unpaired) electrons. The fourth-order valence-corrected chi connectivity index (χ4v) is 4.66. The number of carbonyl (C=O) groups is 1. The van der Waals surface area contributed by atoms with E-state index in [1.165, 1.54) is 37.4 Å². The van der Waals surface area contributed by atoms with Gasteiger partial charge < -0.3 is 10.1 Å². The Kier molecular flexibility index (Phi) is 7.41. The first-order valence-electron chi connectivity index (χ1n) is 9.96. The zero-order valence-electron chi connectivity index (χ0n) is 18.0. The van der Waals surface area contributed by atoms with Crippen molar-refractivity contribution in [2.24, 2.45) is 0 Å². The van der Waals surface area contributed by atoms with Gasteiger partial charge in [-0.2, -0.15) is 4.72 Å². The summed E-state index contributed by atoms with van der Waals surface area (Å²) in [4.78, 5) is 23.5. The smallest absolute Gasteiger partial charge is 0.271 e. The highest BCUT2D eigenvalue weighted by atomic mass is 32.2. The van der Waals surface area contributed by atoms with Crippen LogP contribution in [0.5, 0.6) is 5.75 Å². The molecule has 0 aliphatic carbocycles. The number of non-ortho nitro benzene ring substituents is 1. The summed E-state index contributed by atoms with van der Waals surface area (Å²) in [5.41, 5.74) is 1.42. The van der Waals surface area contributed by atoms with Crippen LogP contribution >= 0.6 is 0 Å². The Labute approximate surface area is 191 Å². The highest BCUT2D eigenvalue weighted by molar-refractivity contribution is 7.89. The van der Waals surface area contributed by atoms with Gasteiger partial charge >= 0.3 is 0 Å². The molecule has 0 saturated carbocycles. The van der Waals surface area contributed by atoms with E-state index in [-0.39, 0.29) is 28.4 Å². The second kappa shape index (κ2) is 10.2. The normalized spacial score (nSPS) is 12.1. The number of nitrogens with zero attached hydrogens (tertiary/aromatic N) is 1. The van der Waals surface area contributed by atoms with E-state index in [1.54, 1.807) is 43.3 Å². The minimum absolute atomic E-state index is 0.0644. The number of rotatable bonds is 9. The van der Waals surface area contributed by atoms with Gasteiger partial charge in [0.15, 0.2) is 0 Å². The molecular formula is C23H23N3O6S. The summed E-state index contributed by atoms with van der Waals surface area (Å²) in [5, 5.41) is 13.6. The molecule has 1 atom stereocenters. The van der Waals surface area contributed by atoms with Gasteiger partial charge in [0, 0.05) is 17.8 Å². The van der Waals surface area contributed by atoms with Gasteiger partial charge in [0.25, 0.3) is 5.69 Å². The number of nitro groups is 1. The van der Waals surface area contributed by atoms with Gasteiger partial charge in [-0.25, -0.2) is 8.42 Å². The number of hydrogen-bond donors (Lipinski definition) is 2. The molecule has 0 aliphatic heterocycles. The lowest BCUT2D eigenvalue weighted by atomic mass is 10.1. The summed E-state index contributed by atoms with van der Waals surface area (Å²) in [5.74, 6) is -0.514. The van der Waals surface area contributed by atoms with Crippen molar-refractivity contribution in [2.45, 2.75) is 24.3 Å². The Hall–Kier alpha value is -3.76. The van der Waals surface area contributed by atoms with E-state index >= 15 is 0 Å². The molecule has 1 amide bonds. The van der Waals surface area contributed by atoms with Crippen LogP contribution in [0, 0.1) is 17.0 Å². The van der Waals surface area contributed by atoms with E-state index in [0.29, 0.717) is 5.56 Å². The summed E-state index contributed by atoms with van der Waals surface area (Å²) in [6, 6.07) is 17.9. The number of hydrogen-bond acceptors (Lipinski definition) is 6. The molecule has 3 aromatic rings. The van der Waals surface area contributed by atoms with E-state index in [0.717, 1.165) is 5.56 Å². The van der Waals surface area contributed by atoms with Gasteiger partial charge in [0.05, 0.1) is 12.0 Å². The van der Waals surface area contributed by atoms with E-state index in [9.17, 15) is 23.3 Å². The molecule has 0 spiro atoms. The third-order valence-electron chi connectivity index (χ3n) is 4.83. The second-order valence-corrected chi connectivity index (χ2v) is 9.00. The van der Waals surface area contributed by atoms with Gasteiger partial charge in [-0.3, -0.25) is 14.9 Å². The number of aryl methyl sites for hydroxylation is 1. The highest BCUT2D eigenvalue weighted by Gasteiger charge is 2.28. The molecule has 3 rings (SSSR count). The molecular weight excluding hydrogens is 446 g/mol. The Morgan fingerprint density at radius 1 is 1.06 bits per heavy atom. The fraction of sp³-hybridized carbons (Fsp3) is 0.174. The lowest BCUT2D eigenvalue weighted by molar-refractivity contribution is -0.384. The predicted molar refractivity (Wildman–Crippen MR) is 124 cm³/mol. The van der Waals surface area contributed by atoms with E-state index in [1.807, 2.05) is 6.07 Å². The van der Waals surface area contributed by atoms with Crippen LogP contribution in [0.1, 0.15) is 11.1 Å². The van der Waals surface area contributed by atoms with Crippen molar-refractivity contribution in [2.75, 3.05) is 12.4 Å². The average molecular weight is 470 g/mol. The summed E-state index contributed by atoms with van der Waals surface area (Å²) in [7, 11) is -2.79. The zero-order valence-corrected chi connectivity index (χ0v) is 18.8. The van der Waals surface area contributed by atoms with Crippen molar-refractivity contribution in [3.8, 4) is 5.75 Å². The number of nitrogens with one attached hydrogen (secondary N) is 2. The molecule has 0 heterocycles. The molecule has 0 aliphatic rings. The molecule has 0 unspecified atom stereocenters. The monoisotopic (exact) mass is 469 g/mol. The highest BCUT2D eigenvalue weighted by Crippen LogP contribution is 2.25. The van der Waals surface area contributed by atoms with E-state index < -0.39 is 26.9 Å². The first kappa shape index (κ1) is 23.9. The quantitative estimate of drug-likeness (QED) is 0.365. The first-order valence-corrected chi connectivity index (χ1v) is 11.4. The maximum atomic E-state index is 13.2. The summed E-state index contributed by atoms with van der Waals surface area (Å²) >= 11 is 0. The number of carbonyl (C=O) groups excluding carboxylic acids is 1. The van der Waals surface area contributed by atoms with Crippen LogP contribution in [-0.2, 0) is 21.2 Å². The van der Waals surface area contributed by atoms with Crippen molar-refractivity contribution < 1.29 is 22.9 Å². The lowest BCUT2D eigenvalue weighted by Crippen LogP contribution is -2.45. The minimum atomic E-state index is -4.15. The Morgan fingerprint density at radius 3 is 2.45 bits per heavy atom. The topological polar surface area (TPSA) is 128 Å². The summed E-state index contributed by atoms with van der Waals surface area (Å²) < 4.78 is 34.1. The van der Waals surface area contributed by atoms with Crippen molar-refractivity contribution in [1.82, 2.24) is 4.72 Å². The molecule has 0 fully saturated rings. The summed E-state index contributed by atoms with van der Waals surface area (Å²) in [6.07, 6.45) is 0.0644. The van der Waals surface area contributed by atoms with Crippen molar-refractivity contribution in [1.29, 1.82) is 0 Å². The predicted octanol–water partition coefficient (Wildman–Crippen LogP) is 3.44. The number of amides is 1. The number of nitro benzene ring substituents is 1. The van der Waals surface area contributed by atoms with Crippen molar-refractivity contribution >= 4 is 27.3 Å². The average Bonchev–Trinajstić information content (AvgIpc) is 2.79. The molecule has 3 aromatic carbocycles. The first-order chi connectivity index (χ1) is 15.7. The fourth-order valence-electron chi connectivity index (χ4n) is 3.21. The Balaban J connectivity index is 1.93. The van der Waals surface area contributed by atoms with Crippen molar-refractivity contribution in [3.05, 3.63) is 94.0 Å². The molecule has 33 heavy (non-hydrogen) atoms. The molecule has 0 bridgehead atoms. The zero-order chi connectivity index (χ0) is 24.0. The van der Waals surface area contributed by atoms with E-state index in [2.05, 4.69) is 10.0 Å². The van der Waals surface area contributed by atoms with Crippen molar-refractivity contribution in [3.63, 3.8) is 0 Å². The largest absolute Gasteiger partial charge is 0.495 e. The molecule has 172 valence electrons. The molecule has 2 N–H and O–H groups in total. The van der Waals surface area contributed by atoms with Crippen LogP contribution in [0.25, 0.3) is 0 Å². The van der Waals surface area contributed by atoms with Crippen LogP contribution in [0.3, 0.4) is 0 Å². The van der Waals surface area contributed by atoms with Crippen LogP contribution in [0.15, 0.2) is 77.7 Å². The van der Waals surface area contributed by atoms with Crippen LogP contribution in [0.2, 0.25) is 0 Å². The Morgan fingerprint density at radius 2 is 1.79 bits per heavy atom. The molecule has 10 heteroatoms. The minimum Gasteiger partial charge on any atom is -0.495 e. The standard InChI is InChI=1S/C23H23N3O6S/c1-16-11-12-21(32-2)22(13-16)33(30,31)25-20(14-17-7-4-3-5-8-17)23(27)24-18-9-6-10-19(15-18)26(28)29/h3-13,15,20,25H,14H2,1-2H3,(H,24,27)/t20-/m0/s1. The van der Waals surface area contributed by atoms with Crippen LogP contribution in [-0.4, -0.2) is 32.4 Å². The lowest BCUT2D eigenvalue weighted by Gasteiger charge is -2.20. The van der Waals surface area contributed by atoms with Gasteiger partial charge in [0.2, 0.25) is 15.9 Å². The van der Waals surface area contributed by atoms with Gasteiger partial charge in [-0.05, 0) is 42.7 Å². The number of methoxy groups -OCH3 is 1. The van der Waals surface area contributed by atoms with Crippen LogP contribution in [0.4, 0.5) is 11.4 Å². The van der Waals surface area contributed by atoms with Crippen LogP contribution < -0.4 is 14.8 Å².